The number of rotatable bonds is 10. The predicted octanol–water partition coefficient (Wildman–Crippen LogP) is 2.65. The second-order valence-corrected chi connectivity index (χ2v) is 4.21. The van der Waals surface area contributed by atoms with Gasteiger partial charge in [0.05, 0.1) is 7.11 Å². The van der Waals surface area contributed by atoms with Crippen LogP contribution in [-0.4, -0.2) is 33.5 Å². The zero-order chi connectivity index (χ0) is 14.6. The Morgan fingerprint density at radius 1 is 1.29 bits per heavy atom. The van der Waals surface area contributed by atoms with Gasteiger partial charge in [0.15, 0.2) is 11.5 Å². The lowest BCUT2D eigenvalue weighted by Gasteiger charge is -2.11. The predicted molar refractivity (Wildman–Crippen MR) is 87.4 cm³/mol. The Hall–Kier alpha value is -1.41. The lowest BCUT2D eigenvalue weighted by molar-refractivity contribution is 0.144. The summed E-state index contributed by atoms with van der Waals surface area (Å²) in [7, 11) is 1.62. The van der Waals surface area contributed by atoms with Gasteiger partial charge in [-0.1, -0.05) is 12.0 Å². The molecule has 1 aromatic carbocycles. The van der Waals surface area contributed by atoms with Crippen molar-refractivity contribution in [2.75, 3.05) is 33.5 Å². The summed E-state index contributed by atoms with van der Waals surface area (Å²) in [4.78, 5) is 0. The average molecular weight is 314 g/mol. The number of hydrogen-bond donors (Lipinski definition) is 1. The van der Waals surface area contributed by atoms with E-state index >= 15 is 0 Å². The van der Waals surface area contributed by atoms with Gasteiger partial charge in [0.25, 0.3) is 0 Å². The third-order valence-electron chi connectivity index (χ3n) is 2.71. The first-order valence-corrected chi connectivity index (χ1v) is 6.83. The molecule has 0 saturated carbocycles. The van der Waals surface area contributed by atoms with Crippen LogP contribution < -0.4 is 14.8 Å². The lowest BCUT2D eigenvalue weighted by atomic mass is 10.2. The highest BCUT2D eigenvalue weighted by Gasteiger charge is 2.05. The molecule has 0 heterocycles. The monoisotopic (exact) mass is 313 g/mol. The molecule has 0 unspecified atom stereocenters. The molecular weight excluding hydrogens is 290 g/mol. The highest BCUT2D eigenvalue weighted by molar-refractivity contribution is 5.85. The van der Waals surface area contributed by atoms with Gasteiger partial charge in [-0.05, 0) is 37.6 Å². The Balaban J connectivity index is 0.00000400. The third kappa shape index (κ3) is 7.81. The highest BCUT2D eigenvalue weighted by atomic mass is 35.5. The fourth-order valence-corrected chi connectivity index (χ4v) is 1.74. The summed E-state index contributed by atoms with van der Waals surface area (Å²) in [6, 6.07) is 5.85. The van der Waals surface area contributed by atoms with Crippen molar-refractivity contribution in [3.63, 3.8) is 0 Å². The molecular formula is C16H24ClNO3. The van der Waals surface area contributed by atoms with Crippen LogP contribution in [0.15, 0.2) is 18.2 Å². The number of nitrogens with one attached hydrogen (secondary N) is 1. The van der Waals surface area contributed by atoms with Gasteiger partial charge in [0.1, 0.15) is 6.61 Å². The van der Waals surface area contributed by atoms with Crippen molar-refractivity contribution < 1.29 is 14.2 Å². The summed E-state index contributed by atoms with van der Waals surface area (Å²) in [5.41, 5.74) is 1.14. The van der Waals surface area contributed by atoms with Crippen LogP contribution in [0, 0.1) is 12.3 Å². The summed E-state index contributed by atoms with van der Waals surface area (Å²) in [5.74, 6) is 3.81. The molecule has 0 amide bonds. The number of terminal acetylenes is 1. The topological polar surface area (TPSA) is 39.7 Å². The molecule has 5 heteroatoms. The van der Waals surface area contributed by atoms with Crippen molar-refractivity contribution in [3.8, 4) is 23.8 Å². The maximum Gasteiger partial charge on any atom is 0.162 e. The van der Waals surface area contributed by atoms with Crippen molar-refractivity contribution in [2.24, 2.45) is 0 Å². The minimum atomic E-state index is 0. The van der Waals surface area contributed by atoms with Crippen molar-refractivity contribution in [1.82, 2.24) is 5.32 Å². The van der Waals surface area contributed by atoms with E-state index in [9.17, 15) is 0 Å². The second kappa shape index (κ2) is 12.3. The normalized spacial score (nSPS) is 9.57. The quantitative estimate of drug-likeness (QED) is 0.532. The number of benzene rings is 1. The van der Waals surface area contributed by atoms with Crippen molar-refractivity contribution in [2.45, 2.75) is 19.9 Å². The van der Waals surface area contributed by atoms with Gasteiger partial charge < -0.3 is 19.5 Å². The zero-order valence-electron chi connectivity index (χ0n) is 12.7. The molecule has 1 aromatic rings. The average Bonchev–Trinajstić information content (AvgIpc) is 2.49. The molecule has 0 atom stereocenters. The smallest absolute Gasteiger partial charge is 0.162 e. The molecule has 0 fully saturated rings. The van der Waals surface area contributed by atoms with E-state index in [4.69, 9.17) is 20.6 Å². The minimum absolute atomic E-state index is 0. The Morgan fingerprint density at radius 2 is 2.10 bits per heavy atom. The zero-order valence-corrected chi connectivity index (χ0v) is 13.5. The van der Waals surface area contributed by atoms with Crippen molar-refractivity contribution >= 4 is 12.4 Å². The van der Waals surface area contributed by atoms with Gasteiger partial charge in [-0.15, -0.1) is 18.8 Å². The van der Waals surface area contributed by atoms with Crippen LogP contribution in [0.5, 0.6) is 11.5 Å². The van der Waals surface area contributed by atoms with Crippen LogP contribution in [0.2, 0.25) is 0 Å². The Bertz CT molecular complexity index is 432. The lowest BCUT2D eigenvalue weighted by Crippen LogP contribution is -2.16. The van der Waals surface area contributed by atoms with Gasteiger partial charge in [-0.2, -0.15) is 0 Å². The molecule has 0 aliphatic carbocycles. The Kier molecular flexibility index (Phi) is 11.5. The molecule has 0 bridgehead atoms. The largest absolute Gasteiger partial charge is 0.493 e. The summed E-state index contributed by atoms with van der Waals surface area (Å²) in [6.45, 7) is 5.53. The minimum Gasteiger partial charge on any atom is -0.493 e. The SMILES string of the molecule is C#CCOc1ccc(CNCCCOCC)cc1OC.Cl. The number of halogens is 1. The van der Waals surface area contributed by atoms with E-state index in [0.717, 1.165) is 38.3 Å². The number of hydrogen-bond acceptors (Lipinski definition) is 4. The highest BCUT2D eigenvalue weighted by Crippen LogP contribution is 2.27. The number of methoxy groups -OCH3 is 1. The van der Waals surface area contributed by atoms with E-state index in [-0.39, 0.29) is 19.0 Å². The van der Waals surface area contributed by atoms with Crippen LogP contribution in [0.1, 0.15) is 18.9 Å². The molecule has 0 aromatic heterocycles. The van der Waals surface area contributed by atoms with Crippen LogP contribution in [0.25, 0.3) is 0 Å². The number of ether oxygens (including phenoxy) is 3. The van der Waals surface area contributed by atoms with Crippen LogP contribution in [-0.2, 0) is 11.3 Å². The molecule has 0 aliphatic rings. The fourth-order valence-electron chi connectivity index (χ4n) is 1.74. The van der Waals surface area contributed by atoms with Gasteiger partial charge >= 0.3 is 0 Å². The second-order valence-electron chi connectivity index (χ2n) is 4.21. The summed E-state index contributed by atoms with van der Waals surface area (Å²) < 4.78 is 16.0. The van der Waals surface area contributed by atoms with Crippen molar-refractivity contribution in [1.29, 1.82) is 0 Å². The first kappa shape index (κ1) is 19.6. The summed E-state index contributed by atoms with van der Waals surface area (Å²) >= 11 is 0. The van der Waals surface area contributed by atoms with E-state index in [1.54, 1.807) is 7.11 Å². The van der Waals surface area contributed by atoms with E-state index in [1.165, 1.54) is 0 Å². The van der Waals surface area contributed by atoms with E-state index in [1.807, 2.05) is 25.1 Å². The van der Waals surface area contributed by atoms with Crippen LogP contribution in [0.4, 0.5) is 0 Å². The summed E-state index contributed by atoms with van der Waals surface area (Å²) in [5, 5.41) is 3.37. The standard InChI is InChI=1S/C16H23NO3.ClH/c1-4-10-20-15-8-7-14(12-16(15)18-3)13-17-9-6-11-19-5-2;/h1,7-8,12,17H,5-6,9-11,13H2,2-3H3;1H. The molecule has 0 aliphatic heterocycles. The van der Waals surface area contributed by atoms with Crippen LogP contribution in [0.3, 0.4) is 0 Å². The van der Waals surface area contributed by atoms with E-state index in [2.05, 4.69) is 11.2 Å². The summed E-state index contributed by atoms with van der Waals surface area (Å²) in [6.07, 6.45) is 6.19. The van der Waals surface area contributed by atoms with Gasteiger partial charge in [-0.3, -0.25) is 0 Å². The molecule has 0 spiro atoms. The van der Waals surface area contributed by atoms with Crippen molar-refractivity contribution in [3.05, 3.63) is 23.8 Å². The van der Waals surface area contributed by atoms with E-state index in [0.29, 0.717) is 11.5 Å². The fraction of sp³-hybridized carbons (Fsp3) is 0.500. The molecule has 1 N–H and O–H groups in total. The molecule has 21 heavy (non-hydrogen) atoms. The molecule has 0 radical (unpaired) electrons. The molecule has 4 nitrogen and oxygen atoms in total. The van der Waals surface area contributed by atoms with E-state index < -0.39 is 0 Å². The molecule has 118 valence electrons. The first-order chi connectivity index (χ1) is 9.81. The van der Waals surface area contributed by atoms with Gasteiger partial charge in [-0.25, -0.2) is 0 Å². The van der Waals surface area contributed by atoms with Crippen LogP contribution >= 0.6 is 12.4 Å². The molecule has 1 rings (SSSR count). The third-order valence-corrected chi connectivity index (χ3v) is 2.71. The Morgan fingerprint density at radius 3 is 2.76 bits per heavy atom. The first-order valence-electron chi connectivity index (χ1n) is 6.83. The van der Waals surface area contributed by atoms with Gasteiger partial charge in [0, 0.05) is 19.8 Å². The maximum atomic E-state index is 5.40. The molecule has 0 saturated heterocycles. The Labute approximate surface area is 133 Å². The van der Waals surface area contributed by atoms with Gasteiger partial charge in [0.2, 0.25) is 0 Å². The maximum absolute atomic E-state index is 5.40.